The van der Waals surface area contributed by atoms with Gasteiger partial charge in [-0.05, 0) is 23.6 Å². The van der Waals surface area contributed by atoms with Crippen LogP contribution in [0.1, 0.15) is 27.2 Å². The molecule has 1 N–H and O–H groups in total. The molecule has 0 aliphatic rings. The third-order valence-corrected chi connectivity index (χ3v) is 3.15. The summed E-state index contributed by atoms with van der Waals surface area (Å²) in [7, 11) is 0. The molecule has 1 amide bonds. The van der Waals surface area contributed by atoms with Gasteiger partial charge in [-0.3, -0.25) is 4.79 Å². The first kappa shape index (κ1) is 15.9. The highest BCUT2D eigenvalue weighted by molar-refractivity contribution is 5.90. The highest BCUT2D eigenvalue weighted by Crippen LogP contribution is 2.22. The smallest absolute Gasteiger partial charge is 0.226 e. The van der Waals surface area contributed by atoms with Gasteiger partial charge in [0.25, 0.3) is 0 Å². The van der Waals surface area contributed by atoms with E-state index in [0.29, 0.717) is 29.6 Å². The Morgan fingerprint density at radius 2 is 2.12 bits per heavy atom. The zero-order valence-corrected chi connectivity index (χ0v) is 13.9. The number of anilines is 1. The fraction of sp³-hybridized carbons (Fsp3) is 0.294. The number of hydrogen-bond donors (Lipinski definition) is 1. The van der Waals surface area contributed by atoms with E-state index in [4.69, 9.17) is 4.42 Å². The van der Waals surface area contributed by atoms with Gasteiger partial charge in [-0.15, -0.1) is 0 Å². The maximum atomic E-state index is 12.2. The van der Waals surface area contributed by atoms with E-state index in [1.54, 1.807) is 47.6 Å². The maximum Gasteiger partial charge on any atom is 0.226 e. The number of carbonyl (C=O) groups is 1. The third-order valence-electron chi connectivity index (χ3n) is 3.15. The van der Waals surface area contributed by atoms with Crippen molar-refractivity contribution in [1.82, 2.24) is 19.7 Å². The Morgan fingerprint density at radius 1 is 1.29 bits per heavy atom. The summed E-state index contributed by atoms with van der Waals surface area (Å²) in [5, 5.41) is 7.00. The second-order valence-electron chi connectivity index (χ2n) is 6.65. The van der Waals surface area contributed by atoms with Crippen molar-refractivity contribution in [3.63, 3.8) is 0 Å². The molecule has 124 valence electrons. The lowest BCUT2D eigenvalue weighted by Crippen LogP contribution is -2.20. The van der Waals surface area contributed by atoms with Crippen LogP contribution in [-0.2, 0) is 4.79 Å². The van der Waals surface area contributed by atoms with Gasteiger partial charge in [-0.2, -0.15) is 5.10 Å². The Hall–Kier alpha value is -2.96. The number of hydrogen-bond acceptors (Lipinski definition) is 5. The van der Waals surface area contributed by atoms with Crippen molar-refractivity contribution in [3.8, 4) is 17.4 Å². The summed E-state index contributed by atoms with van der Waals surface area (Å²) in [5.74, 6) is 1.77. The molecule has 0 aliphatic carbocycles. The van der Waals surface area contributed by atoms with Gasteiger partial charge in [0, 0.05) is 24.9 Å². The van der Waals surface area contributed by atoms with Crippen molar-refractivity contribution in [2.24, 2.45) is 5.41 Å². The fourth-order valence-corrected chi connectivity index (χ4v) is 2.20. The van der Waals surface area contributed by atoms with Gasteiger partial charge in [-0.25, -0.2) is 14.6 Å². The molecule has 3 rings (SSSR count). The number of nitrogens with zero attached hydrogens (tertiary/aromatic N) is 4. The molecule has 0 aliphatic heterocycles. The molecule has 0 radical (unpaired) electrons. The zero-order chi connectivity index (χ0) is 17.2. The van der Waals surface area contributed by atoms with E-state index < -0.39 is 0 Å². The number of aromatic nitrogens is 4. The molecule has 7 heteroatoms. The number of rotatable bonds is 4. The van der Waals surface area contributed by atoms with Crippen molar-refractivity contribution < 1.29 is 9.21 Å². The minimum Gasteiger partial charge on any atom is -0.461 e. The maximum absolute atomic E-state index is 12.2. The SMILES string of the molecule is CC(C)(C)CC(=O)Nc1cc(-n2cccn2)nc(-c2ccco2)n1. The van der Waals surface area contributed by atoms with Crippen LogP contribution in [0.4, 0.5) is 5.82 Å². The third kappa shape index (κ3) is 3.87. The molecule has 3 aromatic rings. The summed E-state index contributed by atoms with van der Waals surface area (Å²) < 4.78 is 6.97. The molecule has 0 saturated carbocycles. The Labute approximate surface area is 139 Å². The van der Waals surface area contributed by atoms with Gasteiger partial charge in [0.1, 0.15) is 5.82 Å². The number of amides is 1. The second-order valence-corrected chi connectivity index (χ2v) is 6.65. The lowest BCUT2D eigenvalue weighted by molar-refractivity contribution is -0.117. The van der Waals surface area contributed by atoms with E-state index >= 15 is 0 Å². The summed E-state index contributed by atoms with van der Waals surface area (Å²) >= 11 is 0. The summed E-state index contributed by atoms with van der Waals surface area (Å²) in [4.78, 5) is 21.0. The first-order valence-corrected chi connectivity index (χ1v) is 7.63. The van der Waals surface area contributed by atoms with Gasteiger partial charge in [0.15, 0.2) is 17.4 Å². The molecular weight excluding hydrogens is 306 g/mol. The second kappa shape index (κ2) is 6.27. The Balaban J connectivity index is 1.95. The highest BCUT2D eigenvalue weighted by Gasteiger charge is 2.18. The van der Waals surface area contributed by atoms with E-state index in [9.17, 15) is 4.79 Å². The summed E-state index contributed by atoms with van der Waals surface area (Å²) in [5.41, 5.74) is -0.105. The number of nitrogens with one attached hydrogen (secondary N) is 1. The molecule has 7 nitrogen and oxygen atoms in total. The summed E-state index contributed by atoms with van der Waals surface area (Å²) in [6.45, 7) is 6.03. The quantitative estimate of drug-likeness (QED) is 0.795. The molecule has 0 aromatic carbocycles. The minimum absolute atomic E-state index is 0.0991. The van der Waals surface area contributed by atoms with E-state index in [-0.39, 0.29) is 11.3 Å². The molecule has 0 atom stereocenters. The molecule has 0 saturated heterocycles. The molecule has 3 heterocycles. The zero-order valence-electron chi connectivity index (χ0n) is 13.9. The Bertz CT molecular complexity index is 765. The molecule has 24 heavy (non-hydrogen) atoms. The fourth-order valence-electron chi connectivity index (χ4n) is 2.20. The van der Waals surface area contributed by atoms with Gasteiger partial charge >= 0.3 is 0 Å². The van der Waals surface area contributed by atoms with Crippen molar-refractivity contribution in [2.75, 3.05) is 5.32 Å². The standard InChI is InChI=1S/C17H19N5O2/c1-17(2,3)11-15(23)19-13-10-14(22-8-5-7-18-22)21-16(20-13)12-6-4-9-24-12/h4-10H,11H2,1-3H3,(H,19,20,21,23). The summed E-state index contributed by atoms with van der Waals surface area (Å²) in [6, 6.07) is 7.01. The van der Waals surface area contributed by atoms with Crippen molar-refractivity contribution in [2.45, 2.75) is 27.2 Å². The normalized spacial score (nSPS) is 11.5. The Morgan fingerprint density at radius 3 is 2.75 bits per heavy atom. The number of carbonyl (C=O) groups excluding carboxylic acids is 1. The predicted octanol–water partition coefficient (Wildman–Crippen LogP) is 3.30. The predicted molar refractivity (Wildman–Crippen MR) is 89.6 cm³/mol. The first-order valence-electron chi connectivity index (χ1n) is 7.63. The van der Waals surface area contributed by atoms with Crippen LogP contribution in [0, 0.1) is 5.41 Å². The van der Waals surface area contributed by atoms with Crippen molar-refractivity contribution >= 4 is 11.7 Å². The summed E-state index contributed by atoms with van der Waals surface area (Å²) in [6.07, 6.45) is 5.38. The van der Waals surface area contributed by atoms with Gasteiger partial charge in [-0.1, -0.05) is 20.8 Å². The van der Waals surface area contributed by atoms with Crippen molar-refractivity contribution in [3.05, 3.63) is 42.9 Å². The highest BCUT2D eigenvalue weighted by atomic mass is 16.3. The van der Waals surface area contributed by atoms with Gasteiger partial charge < -0.3 is 9.73 Å². The monoisotopic (exact) mass is 325 g/mol. The molecule has 0 unspecified atom stereocenters. The average molecular weight is 325 g/mol. The lowest BCUT2D eigenvalue weighted by Gasteiger charge is -2.17. The van der Waals surface area contributed by atoms with E-state index in [1.807, 2.05) is 20.8 Å². The molecule has 3 aromatic heterocycles. The van der Waals surface area contributed by atoms with Crippen LogP contribution >= 0.6 is 0 Å². The van der Waals surface area contributed by atoms with Crippen LogP contribution < -0.4 is 5.32 Å². The van der Waals surface area contributed by atoms with E-state index in [2.05, 4.69) is 20.4 Å². The first-order chi connectivity index (χ1) is 11.4. The van der Waals surface area contributed by atoms with E-state index in [0.717, 1.165) is 0 Å². The van der Waals surface area contributed by atoms with Crippen LogP contribution in [-0.4, -0.2) is 25.7 Å². The van der Waals surface area contributed by atoms with Crippen LogP contribution in [0.25, 0.3) is 17.4 Å². The topological polar surface area (TPSA) is 85.8 Å². The van der Waals surface area contributed by atoms with Crippen molar-refractivity contribution in [1.29, 1.82) is 0 Å². The Kier molecular flexibility index (Phi) is 4.16. The molecular formula is C17H19N5O2. The van der Waals surface area contributed by atoms with Gasteiger partial charge in [0.2, 0.25) is 5.91 Å². The van der Waals surface area contributed by atoms with Gasteiger partial charge in [0.05, 0.1) is 6.26 Å². The lowest BCUT2D eigenvalue weighted by atomic mass is 9.92. The van der Waals surface area contributed by atoms with Crippen LogP contribution in [0.15, 0.2) is 47.3 Å². The molecule has 0 bridgehead atoms. The van der Waals surface area contributed by atoms with E-state index in [1.165, 1.54) is 0 Å². The molecule has 0 fully saturated rings. The van der Waals surface area contributed by atoms with Crippen LogP contribution in [0.2, 0.25) is 0 Å². The average Bonchev–Trinajstić information content (AvgIpc) is 3.19. The van der Waals surface area contributed by atoms with Crippen LogP contribution in [0.3, 0.4) is 0 Å². The minimum atomic E-state index is -0.105. The number of furan rings is 1. The largest absolute Gasteiger partial charge is 0.461 e. The molecule has 0 spiro atoms. The van der Waals surface area contributed by atoms with Crippen LogP contribution in [0.5, 0.6) is 0 Å².